The minimum absolute atomic E-state index is 0.0270. The third kappa shape index (κ3) is 10.00. The average molecular weight is 849 g/mol. The quantitative estimate of drug-likeness (QED) is 0.112. The first kappa shape index (κ1) is 42.4. The minimum atomic E-state index is -0.638. The Kier molecular flexibility index (Phi) is 13.4. The fourth-order valence-corrected chi connectivity index (χ4v) is 6.69. The highest BCUT2D eigenvalue weighted by molar-refractivity contribution is 6.30. The number of rotatable bonds is 12. The van der Waals surface area contributed by atoms with Crippen molar-refractivity contribution in [2.45, 2.75) is 46.6 Å². The summed E-state index contributed by atoms with van der Waals surface area (Å²) in [7, 11) is 0. The molecule has 312 valence electrons. The molecule has 2 N–H and O–H groups in total. The van der Waals surface area contributed by atoms with Crippen molar-refractivity contribution >= 4 is 67.8 Å². The second-order valence-electron chi connectivity index (χ2n) is 13.9. The van der Waals surface area contributed by atoms with Gasteiger partial charge in [-0.3, -0.25) is 19.6 Å². The number of anilines is 4. The molecular weight excluding hydrogens is 808 g/mol. The van der Waals surface area contributed by atoms with E-state index in [1.54, 1.807) is 69.8 Å². The molecule has 0 fully saturated rings. The molecule has 0 saturated heterocycles. The highest BCUT2D eigenvalue weighted by Gasteiger charge is 2.20. The number of esters is 2. The summed E-state index contributed by atoms with van der Waals surface area (Å²) in [6.45, 7) is 6.03. The van der Waals surface area contributed by atoms with Gasteiger partial charge in [0.25, 0.3) is 11.1 Å². The zero-order valence-electron chi connectivity index (χ0n) is 34.0. The van der Waals surface area contributed by atoms with Crippen molar-refractivity contribution in [1.29, 1.82) is 0 Å². The van der Waals surface area contributed by atoms with Crippen LogP contribution in [0.25, 0.3) is 21.5 Å². The summed E-state index contributed by atoms with van der Waals surface area (Å²) in [6, 6.07) is 34.7. The van der Waals surface area contributed by atoms with Gasteiger partial charge in [0.1, 0.15) is 24.1 Å². The average Bonchev–Trinajstić information content (AvgIpc) is 3.30. The number of halogens is 1. The zero-order valence-corrected chi connectivity index (χ0v) is 34.7. The Morgan fingerprint density at radius 1 is 0.629 bits per heavy atom. The summed E-state index contributed by atoms with van der Waals surface area (Å²) in [6.07, 6.45) is 6.33. The summed E-state index contributed by atoms with van der Waals surface area (Å²) in [5.74, 6) is -1.24. The van der Waals surface area contributed by atoms with E-state index in [9.17, 15) is 19.2 Å². The van der Waals surface area contributed by atoms with E-state index in [1.807, 2.05) is 78.9 Å². The largest absolute Gasteiger partial charge is 0.456 e. The molecule has 1 atom stereocenters. The first-order valence-corrected chi connectivity index (χ1v) is 20.1. The van der Waals surface area contributed by atoms with Crippen LogP contribution in [-0.4, -0.2) is 41.5 Å². The fourth-order valence-electron chi connectivity index (χ4n) is 6.48. The monoisotopic (exact) mass is 848 g/mol. The van der Waals surface area contributed by atoms with Crippen LogP contribution < -0.4 is 21.8 Å². The molecule has 14 nitrogen and oxygen atoms in total. The van der Waals surface area contributed by atoms with Crippen LogP contribution in [0.3, 0.4) is 0 Å². The van der Waals surface area contributed by atoms with Gasteiger partial charge in [-0.15, -0.1) is 0 Å². The molecule has 62 heavy (non-hydrogen) atoms. The smallest absolute Gasteiger partial charge is 0.359 e. The van der Waals surface area contributed by atoms with Crippen molar-refractivity contribution in [3.63, 3.8) is 0 Å². The maximum absolute atomic E-state index is 12.8. The molecule has 0 saturated carbocycles. The standard InChI is InChI=1S/C24H22N4O3.C23H19ClN4O3/c1-3-28-23(29)20(26-22-15-25-14-18-11-7-8-12-19(18)22)13-21(27-28)24(30)31-16(2)17-9-5-4-6-10-17;1-2-28-22(29)19(26-21-13-25-12-16-7-3-4-9-18(16)21)11-20(27-28)23(30)31-14-15-6-5-8-17(24)10-15/h4-16,26H,3H2,1-2H3;3-13,26H,2,14H2,1H3. The Hall–Kier alpha value is -7.71. The lowest BCUT2D eigenvalue weighted by Crippen LogP contribution is -2.27. The molecule has 0 spiro atoms. The molecule has 4 aromatic carbocycles. The van der Waals surface area contributed by atoms with Gasteiger partial charge >= 0.3 is 11.9 Å². The third-order valence-corrected chi connectivity index (χ3v) is 9.89. The lowest BCUT2D eigenvalue weighted by molar-refractivity contribution is 0.0327. The first-order valence-electron chi connectivity index (χ1n) is 19.7. The van der Waals surface area contributed by atoms with Gasteiger partial charge in [0.2, 0.25) is 0 Å². The number of benzene rings is 4. The van der Waals surface area contributed by atoms with Crippen LogP contribution in [0.4, 0.5) is 22.7 Å². The second-order valence-corrected chi connectivity index (χ2v) is 14.3. The topological polar surface area (TPSA) is 172 Å². The molecule has 0 aliphatic carbocycles. The number of hydrogen-bond donors (Lipinski definition) is 2. The van der Waals surface area contributed by atoms with Gasteiger partial charge in [0.15, 0.2) is 11.4 Å². The molecule has 1 unspecified atom stereocenters. The molecule has 0 radical (unpaired) electrons. The Balaban J connectivity index is 0.000000186. The Morgan fingerprint density at radius 3 is 1.68 bits per heavy atom. The maximum Gasteiger partial charge on any atom is 0.359 e. The predicted octanol–water partition coefficient (Wildman–Crippen LogP) is 9.04. The first-order chi connectivity index (χ1) is 30.1. The van der Waals surface area contributed by atoms with Crippen molar-refractivity contribution in [2.75, 3.05) is 10.6 Å². The molecule has 4 aromatic heterocycles. The van der Waals surface area contributed by atoms with Gasteiger partial charge in [0, 0.05) is 64.2 Å². The van der Waals surface area contributed by atoms with Crippen LogP contribution in [0.5, 0.6) is 0 Å². The number of fused-ring (bicyclic) bond motifs is 2. The van der Waals surface area contributed by atoms with E-state index in [0.29, 0.717) is 29.5 Å². The van der Waals surface area contributed by atoms with E-state index in [1.165, 1.54) is 21.5 Å². The zero-order chi connectivity index (χ0) is 43.6. The van der Waals surface area contributed by atoms with Crippen LogP contribution >= 0.6 is 11.6 Å². The summed E-state index contributed by atoms with van der Waals surface area (Å²) in [4.78, 5) is 59.5. The molecule has 0 aliphatic heterocycles. The molecule has 0 aliphatic rings. The Labute approximate surface area is 360 Å². The number of nitrogens with one attached hydrogen (secondary N) is 2. The van der Waals surface area contributed by atoms with Crippen LogP contribution in [-0.2, 0) is 29.2 Å². The number of ether oxygens (including phenoxy) is 2. The number of pyridine rings is 2. The third-order valence-electron chi connectivity index (χ3n) is 9.65. The minimum Gasteiger partial charge on any atom is -0.456 e. The van der Waals surface area contributed by atoms with E-state index in [-0.39, 0.29) is 40.5 Å². The normalized spacial score (nSPS) is 11.3. The van der Waals surface area contributed by atoms with Crippen LogP contribution in [0.1, 0.15) is 59.0 Å². The van der Waals surface area contributed by atoms with Crippen molar-refractivity contribution in [2.24, 2.45) is 0 Å². The highest BCUT2D eigenvalue weighted by Crippen LogP contribution is 2.26. The van der Waals surface area contributed by atoms with Gasteiger partial charge < -0.3 is 20.1 Å². The molecular formula is C47H41ClN8O6. The summed E-state index contributed by atoms with van der Waals surface area (Å²) < 4.78 is 13.4. The molecule has 0 amide bonds. The van der Waals surface area contributed by atoms with Gasteiger partial charge in [-0.2, -0.15) is 10.2 Å². The number of aromatic nitrogens is 6. The number of aryl methyl sites for hydroxylation is 2. The van der Waals surface area contributed by atoms with Crippen molar-refractivity contribution in [3.8, 4) is 0 Å². The van der Waals surface area contributed by atoms with Crippen LogP contribution in [0.2, 0.25) is 5.02 Å². The van der Waals surface area contributed by atoms with E-state index in [2.05, 4.69) is 30.8 Å². The van der Waals surface area contributed by atoms with Crippen LogP contribution in [0.15, 0.2) is 150 Å². The summed E-state index contributed by atoms with van der Waals surface area (Å²) in [5, 5.41) is 18.8. The van der Waals surface area contributed by atoms with Gasteiger partial charge in [0.05, 0.1) is 23.8 Å². The van der Waals surface area contributed by atoms with Crippen LogP contribution in [0, 0.1) is 0 Å². The Morgan fingerprint density at radius 2 is 1.15 bits per heavy atom. The molecule has 4 heterocycles. The summed E-state index contributed by atoms with van der Waals surface area (Å²) in [5.41, 5.74) is 2.80. The van der Waals surface area contributed by atoms with E-state index < -0.39 is 18.0 Å². The van der Waals surface area contributed by atoms with Gasteiger partial charge in [-0.05, 0) is 44.0 Å². The summed E-state index contributed by atoms with van der Waals surface area (Å²) >= 11 is 5.97. The molecule has 0 bridgehead atoms. The fraction of sp³-hybridized carbons (Fsp3) is 0.149. The SMILES string of the molecule is CCn1nc(C(=O)OC(C)c2ccccc2)cc(Nc2cncc3ccccc23)c1=O.CCn1nc(C(=O)OCc2cccc(Cl)c2)cc(Nc2cncc3ccccc23)c1=O. The number of hydrogen-bond acceptors (Lipinski definition) is 12. The lowest BCUT2D eigenvalue weighted by Gasteiger charge is -2.15. The molecule has 8 rings (SSSR count). The molecule has 15 heteroatoms. The number of carbonyl (C=O) groups excluding carboxylic acids is 2. The van der Waals surface area contributed by atoms with Crippen molar-refractivity contribution in [3.05, 3.63) is 188 Å². The van der Waals surface area contributed by atoms with E-state index >= 15 is 0 Å². The van der Waals surface area contributed by atoms with E-state index in [4.69, 9.17) is 21.1 Å². The number of carbonyl (C=O) groups is 2. The van der Waals surface area contributed by atoms with Gasteiger partial charge in [-0.25, -0.2) is 19.0 Å². The van der Waals surface area contributed by atoms with E-state index in [0.717, 1.165) is 32.7 Å². The molecule has 8 aromatic rings. The maximum atomic E-state index is 12.8. The highest BCUT2D eigenvalue weighted by atomic mass is 35.5. The predicted molar refractivity (Wildman–Crippen MR) is 239 cm³/mol. The van der Waals surface area contributed by atoms with Gasteiger partial charge in [-0.1, -0.05) is 103 Å². The van der Waals surface area contributed by atoms with Crippen molar-refractivity contribution < 1.29 is 19.1 Å². The number of nitrogens with zero attached hydrogens (tertiary/aromatic N) is 6. The second kappa shape index (κ2) is 19.6. The Bertz CT molecular complexity index is 3000. The lowest BCUT2D eigenvalue weighted by atomic mass is 10.1. The van der Waals surface area contributed by atoms with Crippen molar-refractivity contribution in [1.82, 2.24) is 29.5 Å².